The maximum absolute atomic E-state index is 13.0. The minimum atomic E-state index is -0.367. The molecule has 3 aromatic rings. The molecule has 0 aliphatic carbocycles. The van der Waals surface area contributed by atoms with E-state index in [4.69, 9.17) is 16.0 Å². The number of halogens is 2. The van der Waals surface area contributed by atoms with Crippen LogP contribution in [0.3, 0.4) is 0 Å². The van der Waals surface area contributed by atoms with E-state index in [1.165, 1.54) is 23.5 Å². The number of hydrogen-bond donors (Lipinski definition) is 1. The van der Waals surface area contributed by atoms with E-state index >= 15 is 0 Å². The molecule has 4 nitrogen and oxygen atoms in total. The Hall–Kier alpha value is -2.18. The molecular weight excluding hydrogens is 351 g/mol. The van der Waals surface area contributed by atoms with Crippen LogP contribution < -0.4 is 5.32 Å². The minimum absolute atomic E-state index is 0.303. The molecule has 0 fully saturated rings. The van der Waals surface area contributed by atoms with Gasteiger partial charge in [0.2, 0.25) is 0 Å². The summed E-state index contributed by atoms with van der Waals surface area (Å²) in [5.41, 5.74) is 1.81. The molecule has 1 amide bonds. The lowest BCUT2D eigenvalue weighted by Gasteiger charge is -2.01. The van der Waals surface area contributed by atoms with Gasteiger partial charge in [-0.3, -0.25) is 10.1 Å². The number of hydrogen-bond acceptors (Lipinski definition) is 4. The van der Waals surface area contributed by atoms with Crippen LogP contribution in [-0.2, 0) is 0 Å². The molecule has 0 spiro atoms. The van der Waals surface area contributed by atoms with Crippen molar-refractivity contribution >= 4 is 34.0 Å². The zero-order chi connectivity index (χ0) is 17.4. The molecule has 1 aromatic carbocycles. The van der Waals surface area contributed by atoms with Gasteiger partial charge in [0.15, 0.2) is 5.13 Å². The normalized spacial score (nSPS) is 10.9. The monoisotopic (exact) mass is 364 g/mol. The Morgan fingerprint density at radius 1 is 1.21 bits per heavy atom. The molecule has 0 bridgehead atoms. The molecule has 0 aliphatic rings. The number of anilines is 1. The predicted octanol–water partition coefficient (Wildman–Crippen LogP) is 5.37. The summed E-state index contributed by atoms with van der Waals surface area (Å²) in [5.74, 6) is 0.290. The molecule has 3 rings (SSSR count). The van der Waals surface area contributed by atoms with Gasteiger partial charge in [0.05, 0.1) is 16.3 Å². The summed E-state index contributed by atoms with van der Waals surface area (Å²) >= 11 is 7.46. The van der Waals surface area contributed by atoms with Crippen molar-refractivity contribution in [2.45, 2.75) is 20.8 Å². The van der Waals surface area contributed by atoms with Crippen molar-refractivity contribution in [1.29, 1.82) is 0 Å². The van der Waals surface area contributed by atoms with Gasteiger partial charge in [-0.1, -0.05) is 11.6 Å². The van der Waals surface area contributed by atoms with Crippen LogP contribution in [0.15, 0.2) is 28.7 Å². The second-order valence-electron chi connectivity index (χ2n) is 5.29. The second-order valence-corrected chi connectivity index (χ2v) is 6.87. The quantitative estimate of drug-likeness (QED) is 0.679. The summed E-state index contributed by atoms with van der Waals surface area (Å²) in [6.45, 7) is 5.28. The zero-order valence-corrected chi connectivity index (χ0v) is 14.8. The average molecular weight is 365 g/mol. The molecule has 124 valence electrons. The molecule has 0 unspecified atom stereocenters. The fraction of sp³-hybridized carbons (Fsp3) is 0.176. The SMILES string of the molecule is Cc1oc(C)c(C(=O)Nc2nc(-c3ccc(F)cc3)c(C)s2)c1Cl. The van der Waals surface area contributed by atoms with Crippen LogP contribution in [0.4, 0.5) is 9.52 Å². The summed E-state index contributed by atoms with van der Waals surface area (Å²) in [6.07, 6.45) is 0. The predicted molar refractivity (Wildman–Crippen MR) is 93.4 cm³/mol. The lowest BCUT2D eigenvalue weighted by molar-refractivity contribution is 0.102. The van der Waals surface area contributed by atoms with E-state index in [0.717, 1.165) is 10.4 Å². The van der Waals surface area contributed by atoms with Crippen molar-refractivity contribution in [3.8, 4) is 11.3 Å². The fourth-order valence-corrected chi connectivity index (χ4v) is 3.49. The molecule has 0 saturated carbocycles. The fourth-order valence-electron chi connectivity index (χ4n) is 2.40. The van der Waals surface area contributed by atoms with Crippen LogP contribution in [0.2, 0.25) is 5.02 Å². The van der Waals surface area contributed by atoms with Crippen molar-refractivity contribution in [2.75, 3.05) is 5.32 Å². The average Bonchev–Trinajstić information content (AvgIpc) is 3.00. The third kappa shape index (κ3) is 3.07. The van der Waals surface area contributed by atoms with Gasteiger partial charge >= 0.3 is 0 Å². The number of aryl methyl sites for hydroxylation is 3. The Bertz CT molecular complexity index is 916. The van der Waals surface area contributed by atoms with Crippen molar-refractivity contribution in [2.24, 2.45) is 0 Å². The number of amides is 1. The summed E-state index contributed by atoms with van der Waals surface area (Å²) in [4.78, 5) is 17.8. The van der Waals surface area contributed by atoms with E-state index < -0.39 is 0 Å². The first kappa shape index (κ1) is 16.7. The minimum Gasteiger partial charge on any atom is -0.464 e. The Kier molecular flexibility index (Phi) is 4.43. The number of rotatable bonds is 3. The van der Waals surface area contributed by atoms with Crippen molar-refractivity contribution < 1.29 is 13.6 Å². The number of thiazole rings is 1. The van der Waals surface area contributed by atoms with Gasteiger partial charge < -0.3 is 4.42 Å². The Balaban J connectivity index is 1.88. The maximum atomic E-state index is 13.0. The van der Waals surface area contributed by atoms with E-state index in [2.05, 4.69) is 10.3 Å². The highest BCUT2D eigenvalue weighted by molar-refractivity contribution is 7.16. The van der Waals surface area contributed by atoms with Crippen LogP contribution in [0, 0.1) is 26.6 Å². The van der Waals surface area contributed by atoms with E-state index in [1.54, 1.807) is 26.0 Å². The number of nitrogens with zero attached hydrogens (tertiary/aromatic N) is 1. The summed E-state index contributed by atoms with van der Waals surface area (Å²) in [7, 11) is 0. The third-order valence-electron chi connectivity index (χ3n) is 3.55. The standard InChI is InChI=1S/C17H14ClFN2O2S/c1-8-13(14(18)9(2)23-8)16(22)21-17-20-15(10(3)24-17)11-4-6-12(19)7-5-11/h4-7H,1-3H3,(H,20,21,22). The van der Waals surface area contributed by atoms with Crippen molar-refractivity contribution in [3.05, 3.63) is 57.1 Å². The van der Waals surface area contributed by atoms with Crippen LogP contribution in [-0.4, -0.2) is 10.9 Å². The maximum Gasteiger partial charge on any atom is 0.262 e. The molecule has 7 heteroatoms. The Labute approximate surface area is 147 Å². The Morgan fingerprint density at radius 2 is 1.88 bits per heavy atom. The lowest BCUT2D eigenvalue weighted by atomic mass is 10.1. The van der Waals surface area contributed by atoms with E-state index in [-0.39, 0.29) is 11.7 Å². The highest BCUT2D eigenvalue weighted by Gasteiger charge is 2.21. The van der Waals surface area contributed by atoms with Crippen LogP contribution >= 0.6 is 22.9 Å². The van der Waals surface area contributed by atoms with Crippen LogP contribution in [0.5, 0.6) is 0 Å². The lowest BCUT2D eigenvalue weighted by Crippen LogP contribution is -2.12. The van der Waals surface area contributed by atoms with Gasteiger partial charge in [0.1, 0.15) is 17.3 Å². The van der Waals surface area contributed by atoms with Gasteiger partial charge in [-0.15, -0.1) is 11.3 Å². The first-order valence-electron chi connectivity index (χ1n) is 7.17. The van der Waals surface area contributed by atoms with Gasteiger partial charge in [-0.25, -0.2) is 9.37 Å². The summed E-state index contributed by atoms with van der Waals surface area (Å²) < 4.78 is 18.4. The zero-order valence-electron chi connectivity index (χ0n) is 13.2. The largest absolute Gasteiger partial charge is 0.464 e. The van der Waals surface area contributed by atoms with Gasteiger partial charge in [0, 0.05) is 10.4 Å². The highest BCUT2D eigenvalue weighted by Crippen LogP contribution is 2.32. The summed E-state index contributed by atoms with van der Waals surface area (Å²) in [5, 5.41) is 3.50. The first-order valence-corrected chi connectivity index (χ1v) is 8.36. The van der Waals surface area contributed by atoms with Crippen molar-refractivity contribution in [1.82, 2.24) is 4.98 Å². The Morgan fingerprint density at radius 3 is 2.46 bits per heavy atom. The topological polar surface area (TPSA) is 55.1 Å². The number of furan rings is 1. The molecule has 1 N–H and O–H groups in total. The van der Waals surface area contributed by atoms with Gasteiger partial charge in [-0.05, 0) is 45.0 Å². The molecule has 24 heavy (non-hydrogen) atoms. The number of carbonyl (C=O) groups is 1. The van der Waals surface area contributed by atoms with E-state index in [0.29, 0.717) is 32.9 Å². The molecule has 0 saturated heterocycles. The second kappa shape index (κ2) is 6.37. The highest BCUT2D eigenvalue weighted by atomic mass is 35.5. The molecule has 0 radical (unpaired) electrons. The molecule has 2 aromatic heterocycles. The van der Waals surface area contributed by atoms with E-state index in [1.807, 2.05) is 6.92 Å². The molecule has 0 atom stereocenters. The molecule has 0 aliphatic heterocycles. The van der Waals surface area contributed by atoms with Crippen LogP contribution in [0.1, 0.15) is 26.8 Å². The third-order valence-corrected chi connectivity index (χ3v) is 4.89. The van der Waals surface area contributed by atoms with Crippen molar-refractivity contribution in [3.63, 3.8) is 0 Å². The number of benzene rings is 1. The first-order chi connectivity index (χ1) is 11.4. The number of nitrogens with one attached hydrogen (secondary N) is 1. The van der Waals surface area contributed by atoms with Crippen LogP contribution in [0.25, 0.3) is 11.3 Å². The molecular formula is C17H14ClFN2O2S. The van der Waals surface area contributed by atoms with Gasteiger partial charge in [0.25, 0.3) is 5.91 Å². The number of carbonyl (C=O) groups excluding carboxylic acids is 1. The van der Waals surface area contributed by atoms with E-state index in [9.17, 15) is 9.18 Å². The summed E-state index contributed by atoms with van der Waals surface area (Å²) in [6, 6.07) is 6.07. The molecule has 2 heterocycles. The smallest absolute Gasteiger partial charge is 0.262 e. The van der Waals surface area contributed by atoms with Gasteiger partial charge in [-0.2, -0.15) is 0 Å². The number of aromatic nitrogens is 1.